The average Bonchev–Trinajstić information content (AvgIpc) is 2.65. The fourth-order valence-corrected chi connectivity index (χ4v) is 2.00. The van der Waals surface area contributed by atoms with Crippen molar-refractivity contribution in [3.63, 3.8) is 0 Å². The molecule has 2 atom stereocenters. The topological polar surface area (TPSA) is 32.3 Å². The second-order valence-electron chi connectivity index (χ2n) is 3.79. The minimum Gasteiger partial charge on any atom is -0.391 e. The van der Waals surface area contributed by atoms with Gasteiger partial charge in [-0.3, -0.25) is 0 Å². The van der Waals surface area contributed by atoms with Crippen molar-refractivity contribution in [3.8, 4) is 0 Å². The number of aliphatic hydroxyl groups is 1. The van der Waals surface area contributed by atoms with E-state index in [0.29, 0.717) is 0 Å². The molecule has 2 aliphatic rings. The second-order valence-corrected chi connectivity index (χ2v) is 3.79. The zero-order valence-electron chi connectivity index (χ0n) is 6.43. The highest BCUT2D eigenvalue weighted by atomic mass is 16.3. The van der Waals surface area contributed by atoms with Crippen LogP contribution in [0.3, 0.4) is 0 Å². The summed E-state index contributed by atoms with van der Waals surface area (Å²) < 4.78 is 0. The fraction of sp³-hybridized carbons (Fsp3) is 1.00. The molecule has 0 aromatic heterocycles. The van der Waals surface area contributed by atoms with E-state index in [9.17, 15) is 5.11 Å². The Bertz CT molecular complexity index is 144. The molecule has 0 amide bonds. The highest BCUT2D eigenvalue weighted by molar-refractivity contribution is 5.05. The molecule has 2 rings (SSSR count). The van der Waals surface area contributed by atoms with Crippen LogP contribution in [0.25, 0.3) is 0 Å². The van der Waals surface area contributed by atoms with Crippen LogP contribution >= 0.6 is 0 Å². The third kappa shape index (κ3) is 0.789. The minimum absolute atomic E-state index is 0.0694. The highest BCUT2D eigenvalue weighted by Gasteiger charge is 2.48. The van der Waals surface area contributed by atoms with Crippen LogP contribution in [0.2, 0.25) is 0 Å². The standard InChI is InChI=1S/C8H15NO/c1-8(6-2-3-6)7(10)4-5-9-8/h6-7,9-10H,2-5H2,1H3. The van der Waals surface area contributed by atoms with Crippen molar-refractivity contribution in [3.05, 3.63) is 0 Å². The van der Waals surface area contributed by atoms with Crippen molar-refractivity contribution < 1.29 is 5.11 Å². The Labute approximate surface area is 61.6 Å². The number of nitrogens with one attached hydrogen (secondary N) is 1. The first-order valence-electron chi connectivity index (χ1n) is 4.16. The van der Waals surface area contributed by atoms with Gasteiger partial charge in [-0.1, -0.05) is 0 Å². The van der Waals surface area contributed by atoms with Crippen LogP contribution in [-0.2, 0) is 0 Å². The second kappa shape index (κ2) is 1.95. The predicted molar refractivity (Wildman–Crippen MR) is 39.8 cm³/mol. The van der Waals surface area contributed by atoms with E-state index in [1.165, 1.54) is 12.8 Å². The van der Waals surface area contributed by atoms with E-state index in [1.807, 2.05) is 0 Å². The lowest BCUT2D eigenvalue weighted by molar-refractivity contribution is 0.0942. The number of aliphatic hydroxyl groups excluding tert-OH is 1. The average molecular weight is 141 g/mol. The van der Waals surface area contributed by atoms with E-state index in [0.717, 1.165) is 18.9 Å². The van der Waals surface area contributed by atoms with E-state index < -0.39 is 0 Å². The molecule has 0 aromatic rings. The maximum absolute atomic E-state index is 9.60. The fourth-order valence-electron chi connectivity index (χ4n) is 2.00. The summed E-state index contributed by atoms with van der Waals surface area (Å²) >= 11 is 0. The lowest BCUT2D eigenvalue weighted by Crippen LogP contribution is -2.46. The van der Waals surface area contributed by atoms with Crippen LogP contribution in [0.4, 0.5) is 0 Å². The lowest BCUT2D eigenvalue weighted by atomic mass is 9.91. The molecule has 0 radical (unpaired) electrons. The monoisotopic (exact) mass is 141 g/mol. The molecular formula is C8H15NO. The van der Waals surface area contributed by atoms with Gasteiger partial charge in [-0.25, -0.2) is 0 Å². The molecule has 2 unspecified atom stereocenters. The highest BCUT2D eigenvalue weighted by Crippen LogP contribution is 2.43. The minimum atomic E-state index is -0.0972. The van der Waals surface area contributed by atoms with Gasteiger partial charge in [0.2, 0.25) is 0 Å². The molecule has 0 aromatic carbocycles. The van der Waals surface area contributed by atoms with Crippen molar-refractivity contribution in [2.24, 2.45) is 5.92 Å². The molecule has 0 spiro atoms. The molecule has 1 heterocycles. The third-order valence-electron chi connectivity index (χ3n) is 3.04. The molecule has 10 heavy (non-hydrogen) atoms. The molecule has 2 nitrogen and oxygen atoms in total. The van der Waals surface area contributed by atoms with Crippen LogP contribution in [-0.4, -0.2) is 23.3 Å². The van der Waals surface area contributed by atoms with E-state index in [1.54, 1.807) is 0 Å². The zero-order valence-corrected chi connectivity index (χ0v) is 6.43. The van der Waals surface area contributed by atoms with Gasteiger partial charge < -0.3 is 10.4 Å². The van der Waals surface area contributed by atoms with Gasteiger partial charge in [0.15, 0.2) is 0 Å². The van der Waals surface area contributed by atoms with Crippen molar-refractivity contribution in [1.82, 2.24) is 5.32 Å². The quantitative estimate of drug-likeness (QED) is 0.557. The Morgan fingerprint density at radius 2 is 2.10 bits per heavy atom. The van der Waals surface area contributed by atoms with Gasteiger partial charge in [0, 0.05) is 5.54 Å². The zero-order chi connectivity index (χ0) is 7.19. The van der Waals surface area contributed by atoms with E-state index in [2.05, 4.69) is 12.2 Å². The van der Waals surface area contributed by atoms with Gasteiger partial charge in [-0.05, 0) is 38.6 Å². The Hall–Kier alpha value is -0.0800. The van der Waals surface area contributed by atoms with Gasteiger partial charge in [-0.15, -0.1) is 0 Å². The van der Waals surface area contributed by atoms with Crippen molar-refractivity contribution >= 4 is 0 Å². The van der Waals surface area contributed by atoms with Gasteiger partial charge in [-0.2, -0.15) is 0 Å². The number of hydrogen-bond donors (Lipinski definition) is 2. The maximum atomic E-state index is 9.60. The normalized spacial score (nSPS) is 48.0. The van der Waals surface area contributed by atoms with Crippen molar-refractivity contribution in [2.75, 3.05) is 6.54 Å². The molecule has 1 aliphatic carbocycles. The Kier molecular flexibility index (Phi) is 1.29. The van der Waals surface area contributed by atoms with Crippen LogP contribution in [0.5, 0.6) is 0 Å². The molecule has 1 saturated heterocycles. The lowest BCUT2D eigenvalue weighted by Gasteiger charge is -2.28. The van der Waals surface area contributed by atoms with Gasteiger partial charge in [0.05, 0.1) is 6.10 Å². The van der Waals surface area contributed by atoms with E-state index in [4.69, 9.17) is 0 Å². The Morgan fingerprint density at radius 1 is 1.40 bits per heavy atom. The molecule has 2 fully saturated rings. The summed E-state index contributed by atoms with van der Waals surface area (Å²) in [5, 5.41) is 13.0. The maximum Gasteiger partial charge on any atom is 0.0733 e. The van der Waals surface area contributed by atoms with Crippen molar-refractivity contribution in [2.45, 2.75) is 37.8 Å². The first kappa shape index (κ1) is 6.62. The number of rotatable bonds is 1. The van der Waals surface area contributed by atoms with Gasteiger partial charge in [0.25, 0.3) is 0 Å². The largest absolute Gasteiger partial charge is 0.391 e. The van der Waals surface area contributed by atoms with Gasteiger partial charge >= 0.3 is 0 Å². The smallest absolute Gasteiger partial charge is 0.0733 e. The molecule has 1 saturated carbocycles. The van der Waals surface area contributed by atoms with Crippen LogP contribution in [0.1, 0.15) is 26.2 Å². The van der Waals surface area contributed by atoms with E-state index >= 15 is 0 Å². The molecule has 2 heteroatoms. The summed E-state index contributed by atoms with van der Waals surface area (Å²) in [6.07, 6.45) is 3.45. The van der Waals surface area contributed by atoms with Crippen molar-refractivity contribution in [1.29, 1.82) is 0 Å². The summed E-state index contributed by atoms with van der Waals surface area (Å²) in [5.74, 6) is 0.755. The Morgan fingerprint density at radius 3 is 2.50 bits per heavy atom. The number of hydrogen-bond acceptors (Lipinski definition) is 2. The predicted octanol–water partition coefficient (Wildman–Crippen LogP) is 0.509. The molecule has 1 aliphatic heterocycles. The molecule has 0 bridgehead atoms. The first-order valence-corrected chi connectivity index (χ1v) is 4.16. The molecule has 58 valence electrons. The Balaban J connectivity index is 2.10. The van der Waals surface area contributed by atoms with Gasteiger partial charge in [0.1, 0.15) is 0 Å². The third-order valence-corrected chi connectivity index (χ3v) is 3.04. The molecule has 2 N–H and O–H groups in total. The van der Waals surface area contributed by atoms with Crippen LogP contribution in [0, 0.1) is 5.92 Å². The summed E-state index contributed by atoms with van der Waals surface area (Å²) in [4.78, 5) is 0. The summed E-state index contributed by atoms with van der Waals surface area (Å²) in [5.41, 5.74) is 0.0694. The summed E-state index contributed by atoms with van der Waals surface area (Å²) in [6.45, 7) is 3.15. The van der Waals surface area contributed by atoms with E-state index in [-0.39, 0.29) is 11.6 Å². The SMILES string of the molecule is CC1(C2CC2)NCCC1O. The van der Waals surface area contributed by atoms with Crippen LogP contribution < -0.4 is 5.32 Å². The first-order chi connectivity index (χ1) is 4.73. The van der Waals surface area contributed by atoms with Crippen LogP contribution in [0.15, 0.2) is 0 Å². The summed E-state index contributed by atoms with van der Waals surface area (Å²) in [7, 11) is 0. The summed E-state index contributed by atoms with van der Waals surface area (Å²) in [6, 6.07) is 0. The molecular weight excluding hydrogens is 126 g/mol.